The van der Waals surface area contributed by atoms with E-state index in [0.717, 1.165) is 24.3 Å². The molecule has 4 heteroatoms. The first-order valence-corrected chi connectivity index (χ1v) is 6.64. The zero-order chi connectivity index (χ0) is 13.5. The summed E-state index contributed by atoms with van der Waals surface area (Å²) in [5, 5.41) is 3.20. The molecule has 2 rings (SSSR count). The Kier molecular flexibility index (Phi) is 4.72. The highest BCUT2D eigenvalue weighted by molar-refractivity contribution is 5.58. The number of hydrogen-bond donors (Lipinski definition) is 1. The van der Waals surface area contributed by atoms with Gasteiger partial charge in [-0.1, -0.05) is 37.3 Å². The van der Waals surface area contributed by atoms with Crippen molar-refractivity contribution in [3.63, 3.8) is 0 Å². The molecule has 0 atom stereocenters. The minimum absolute atomic E-state index is 0.617. The molecule has 0 saturated carbocycles. The van der Waals surface area contributed by atoms with Gasteiger partial charge in [-0.25, -0.2) is 4.98 Å². The Morgan fingerprint density at radius 2 is 1.89 bits per heavy atom. The van der Waals surface area contributed by atoms with E-state index in [1.54, 1.807) is 0 Å². The molecule has 0 fully saturated rings. The van der Waals surface area contributed by atoms with Crippen LogP contribution >= 0.6 is 0 Å². The fraction of sp³-hybridized carbons (Fsp3) is 0.333. The van der Waals surface area contributed by atoms with Gasteiger partial charge in [-0.05, 0) is 13.3 Å². The van der Waals surface area contributed by atoms with E-state index in [-0.39, 0.29) is 0 Å². The fourth-order valence-corrected chi connectivity index (χ4v) is 1.69. The number of aromatic nitrogens is 2. The van der Waals surface area contributed by atoms with Gasteiger partial charge in [-0.3, -0.25) is 0 Å². The Labute approximate surface area is 113 Å². The molecule has 0 unspecified atom stereocenters. The van der Waals surface area contributed by atoms with Gasteiger partial charge in [0.25, 0.3) is 0 Å². The summed E-state index contributed by atoms with van der Waals surface area (Å²) in [4.78, 5) is 8.95. The summed E-state index contributed by atoms with van der Waals surface area (Å²) < 4.78 is 5.61. The Morgan fingerprint density at radius 1 is 1.11 bits per heavy atom. The van der Waals surface area contributed by atoms with E-state index in [1.165, 1.54) is 0 Å². The largest absolute Gasteiger partial charge is 0.478 e. The van der Waals surface area contributed by atoms with Crippen LogP contribution in [0.3, 0.4) is 0 Å². The quantitative estimate of drug-likeness (QED) is 0.862. The summed E-state index contributed by atoms with van der Waals surface area (Å²) in [6.07, 6.45) is 0.960. The van der Waals surface area contributed by atoms with Crippen LogP contribution in [0.25, 0.3) is 11.4 Å². The molecule has 1 aromatic carbocycles. The van der Waals surface area contributed by atoms with Gasteiger partial charge >= 0.3 is 0 Å². The predicted molar refractivity (Wildman–Crippen MR) is 77.4 cm³/mol. The zero-order valence-corrected chi connectivity index (χ0v) is 11.4. The first kappa shape index (κ1) is 13.3. The maximum Gasteiger partial charge on any atom is 0.219 e. The van der Waals surface area contributed by atoms with E-state index >= 15 is 0 Å². The van der Waals surface area contributed by atoms with Gasteiger partial charge in [0.2, 0.25) is 5.88 Å². The second-order valence-corrected chi connectivity index (χ2v) is 4.16. The van der Waals surface area contributed by atoms with Gasteiger partial charge in [0.05, 0.1) is 6.61 Å². The standard InChI is InChI=1S/C15H19N3O/c1-3-10-19-14-11-13(16-4-2)17-15(18-14)12-8-6-5-7-9-12/h5-9,11H,3-4,10H2,1-2H3,(H,16,17,18). The van der Waals surface area contributed by atoms with Gasteiger partial charge in [0, 0.05) is 18.2 Å². The number of hydrogen-bond acceptors (Lipinski definition) is 4. The van der Waals surface area contributed by atoms with Crippen LogP contribution in [-0.4, -0.2) is 23.1 Å². The molecule has 0 radical (unpaired) electrons. The summed E-state index contributed by atoms with van der Waals surface area (Å²) in [6.45, 7) is 5.59. The molecule has 0 aliphatic heterocycles. The van der Waals surface area contributed by atoms with Crippen molar-refractivity contribution >= 4 is 5.82 Å². The van der Waals surface area contributed by atoms with Crippen LogP contribution < -0.4 is 10.1 Å². The zero-order valence-electron chi connectivity index (χ0n) is 11.4. The van der Waals surface area contributed by atoms with E-state index in [1.807, 2.05) is 43.3 Å². The van der Waals surface area contributed by atoms with Gasteiger partial charge < -0.3 is 10.1 Å². The first-order chi connectivity index (χ1) is 9.33. The van der Waals surface area contributed by atoms with E-state index in [2.05, 4.69) is 22.2 Å². The third kappa shape index (κ3) is 3.68. The summed E-state index contributed by atoms with van der Waals surface area (Å²) in [7, 11) is 0. The van der Waals surface area contributed by atoms with Crippen LogP contribution in [-0.2, 0) is 0 Å². The third-order valence-corrected chi connectivity index (χ3v) is 2.55. The topological polar surface area (TPSA) is 47.0 Å². The van der Waals surface area contributed by atoms with Crippen molar-refractivity contribution in [1.82, 2.24) is 9.97 Å². The maximum atomic E-state index is 5.61. The smallest absolute Gasteiger partial charge is 0.219 e. The van der Waals surface area contributed by atoms with Crippen molar-refractivity contribution in [3.05, 3.63) is 36.4 Å². The minimum Gasteiger partial charge on any atom is -0.478 e. The lowest BCUT2D eigenvalue weighted by atomic mass is 10.2. The highest BCUT2D eigenvalue weighted by Gasteiger charge is 2.07. The maximum absolute atomic E-state index is 5.61. The van der Waals surface area contributed by atoms with Crippen LogP contribution in [0.15, 0.2) is 36.4 Å². The van der Waals surface area contributed by atoms with Crippen molar-refractivity contribution in [1.29, 1.82) is 0 Å². The molecule has 4 nitrogen and oxygen atoms in total. The summed E-state index contributed by atoms with van der Waals surface area (Å²) in [6, 6.07) is 11.8. The monoisotopic (exact) mass is 257 g/mol. The summed E-state index contributed by atoms with van der Waals surface area (Å²) in [5.41, 5.74) is 0.989. The van der Waals surface area contributed by atoms with Crippen LogP contribution in [0.4, 0.5) is 5.82 Å². The fourth-order valence-electron chi connectivity index (χ4n) is 1.69. The Bertz CT molecular complexity index is 514. The van der Waals surface area contributed by atoms with Gasteiger partial charge in [0.1, 0.15) is 5.82 Å². The third-order valence-electron chi connectivity index (χ3n) is 2.55. The van der Waals surface area contributed by atoms with Crippen molar-refractivity contribution < 1.29 is 4.74 Å². The molecule has 2 aromatic rings. The van der Waals surface area contributed by atoms with Crippen molar-refractivity contribution in [2.75, 3.05) is 18.5 Å². The lowest BCUT2D eigenvalue weighted by Crippen LogP contribution is -2.04. The van der Waals surface area contributed by atoms with Gasteiger partial charge in [-0.15, -0.1) is 0 Å². The normalized spacial score (nSPS) is 10.2. The van der Waals surface area contributed by atoms with Crippen molar-refractivity contribution in [2.45, 2.75) is 20.3 Å². The Balaban J connectivity index is 2.33. The summed E-state index contributed by atoms with van der Waals surface area (Å²) in [5.74, 6) is 2.10. The van der Waals surface area contributed by atoms with Crippen LogP contribution in [0.1, 0.15) is 20.3 Å². The Hall–Kier alpha value is -2.10. The Morgan fingerprint density at radius 3 is 2.58 bits per heavy atom. The molecular weight excluding hydrogens is 238 g/mol. The van der Waals surface area contributed by atoms with Gasteiger partial charge in [0.15, 0.2) is 5.82 Å². The van der Waals surface area contributed by atoms with Crippen LogP contribution in [0.5, 0.6) is 5.88 Å². The van der Waals surface area contributed by atoms with Crippen LogP contribution in [0, 0.1) is 0 Å². The minimum atomic E-state index is 0.617. The molecule has 100 valence electrons. The number of benzene rings is 1. The first-order valence-electron chi connectivity index (χ1n) is 6.64. The number of nitrogens with one attached hydrogen (secondary N) is 1. The second kappa shape index (κ2) is 6.73. The molecule has 0 aliphatic carbocycles. The molecule has 19 heavy (non-hydrogen) atoms. The van der Waals surface area contributed by atoms with E-state index in [4.69, 9.17) is 4.74 Å². The van der Waals surface area contributed by atoms with Crippen molar-refractivity contribution in [2.24, 2.45) is 0 Å². The number of anilines is 1. The molecule has 0 saturated heterocycles. The highest BCUT2D eigenvalue weighted by Crippen LogP contribution is 2.21. The SMILES string of the molecule is CCCOc1cc(NCC)nc(-c2ccccc2)n1. The molecule has 1 aromatic heterocycles. The number of ether oxygens (including phenoxy) is 1. The molecule has 0 amide bonds. The average molecular weight is 257 g/mol. The molecule has 0 bridgehead atoms. The lowest BCUT2D eigenvalue weighted by Gasteiger charge is -2.09. The van der Waals surface area contributed by atoms with Crippen molar-refractivity contribution in [3.8, 4) is 17.3 Å². The molecule has 1 heterocycles. The molecule has 0 spiro atoms. The lowest BCUT2D eigenvalue weighted by molar-refractivity contribution is 0.305. The van der Waals surface area contributed by atoms with E-state index in [9.17, 15) is 0 Å². The molecule has 1 N–H and O–H groups in total. The predicted octanol–water partition coefficient (Wildman–Crippen LogP) is 3.36. The number of rotatable bonds is 6. The van der Waals surface area contributed by atoms with Crippen LogP contribution in [0.2, 0.25) is 0 Å². The average Bonchev–Trinajstić information content (AvgIpc) is 2.46. The van der Waals surface area contributed by atoms with Gasteiger partial charge in [-0.2, -0.15) is 4.98 Å². The second-order valence-electron chi connectivity index (χ2n) is 4.16. The van der Waals surface area contributed by atoms with E-state index in [0.29, 0.717) is 18.3 Å². The molecular formula is C15H19N3O. The highest BCUT2D eigenvalue weighted by atomic mass is 16.5. The van der Waals surface area contributed by atoms with E-state index < -0.39 is 0 Å². The molecule has 0 aliphatic rings. The summed E-state index contributed by atoms with van der Waals surface area (Å²) >= 11 is 0. The number of nitrogens with zero attached hydrogens (tertiary/aromatic N) is 2.